The third-order valence-corrected chi connectivity index (χ3v) is 4.54. The van der Waals surface area contributed by atoms with E-state index in [1.54, 1.807) is 20.2 Å². The van der Waals surface area contributed by atoms with E-state index in [9.17, 15) is 18.7 Å². The van der Waals surface area contributed by atoms with Crippen molar-refractivity contribution in [3.05, 3.63) is 65.2 Å². The lowest BCUT2D eigenvalue weighted by Crippen LogP contribution is -2.38. The summed E-state index contributed by atoms with van der Waals surface area (Å²) in [5, 5.41) is 16.7. The van der Waals surface area contributed by atoms with Crippen LogP contribution in [-0.4, -0.2) is 62.2 Å². The molecular weight excluding hydrogens is 418 g/mol. The van der Waals surface area contributed by atoms with Crippen LogP contribution in [0.5, 0.6) is 5.75 Å². The van der Waals surface area contributed by atoms with Crippen molar-refractivity contribution in [1.82, 2.24) is 15.5 Å². The van der Waals surface area contributed by atoms with Crippen molar-refractivity contribution < 1.29 is 23.4 Å². The molecular formula is C23H30F2N4O3. The average molecular weight is 449 g/mol. The van der Waals surface area contributed by atoms with E-state index in [-0.39, 0.29) is 18.2 Å². The van der Waals surface area contributed by atoms with Crippen LogP contribution in [0.4, 0.5) is 8.78 Å². The highest BCUT2D eigenvalue weighted by molar-refractivity contribution is 5.94. The molecule has 1 amide bonds. The lowest BCUT2D eigenvalue weighted by Gasteiger charge is -2.14. The Morgan fingerprint density at radius 2 is 1.88 bits per heavy atom. The number of nitrogens with zero attached hydrogens (tertiary/aromatic N) is 2. The van der Waals surface area contributed by atoms with Crippen LogP contribution in [0.15, 0.2) is 53.5 Å². The van der Waals surface area contributed by atoms with Gasteiger partial charge in [-0.3, -0.25) is 9.79 Å². The minimum atomic E-state index is -2.89. The highest BCUT2D eigenvalue weighted by Gasteiger charge is 2.10. The summed E-state index contributed by atoms with van der Waals surface area (Å²) >= 11 is 0. The Kier molecular flexibility index (Phi) is 9.87. The Labute approximate surface area is 187 Å². The Hall–Kier alpha value is -3.20. The number of carbonyl (C=O) groups is 1. The van der Waals surface area contributed by atoms with Gasteiger partial charge < -0.3 is 25.4 Å². The molecule has 1 atom stereocenters. The minimum Gasteiger partial charge on any atom is -0.435 e. The van der Waals surface area contributed by atoms with Crippen molar-refractivity contribution in [2.75, 3.05) is 33.7 Å². The number of nitrogens with one attached hydrogen (secondary N) is 2. The van der Waals surface area contributed by atoms with E-state index >= 15 is 0 Å². The first-order valence-electron chi connectivity index (χ1n) is 10.4. The van der Waals surface area contributed by atoms with Crippen molar-refractivity contribution in [1.29, 1.82) is 0 Å². The number of aliphatic hydroxyl groups excluding tert-OH is 1. The molecule has 32 heavy (non-hydrogen) atoms. The summed E-state index contributed by atoms with van der Waals surface area (Å²) in [7, 11) is 3.44. The van der Waals surface area contributed by atoms with Gasteiger partial charge in [-0.15, -0.1) is 0 Å². The van der Waals surface area contributed by atoms with Gasteiger partial charge in [-0.2, -0.15) is 8.78 Å². The van der Waals surface area contributed by atoms with Crippen LogP contribution >= 0.6 is 0 Å². The van der Waals surface area contributed by atoms with Gasteiger partial charge in [0.1, 0.15) is 5.75 Å². The summed E-state index contributed by atoms with van der Waals surface area (Å²) in [5.74, 6) is 0.535. The van der Waals surface area contributed by atoms with Crippen LogP contribution in [0.25, 0.3) is 0 Å². The molecule has 0 aliphatic heterocycles. The fourth-order valence-electron chi connectivity index (χ4n) is 2.94. The van der Waals surface area contributed by atoms with E-state index in [1.807, 2.05) is 25.1 Å². The highest BCUT2D eigenvalue weighted by Crippen LogP contribution is 2.19. The quantitative estimate of drug-likeness (QED) is 0.384. The van der Waals surface area contributed by atoms with Crippen LogP contribution in [0.1, 0.15) is 34.5 Å². The van der Waals surface area contributed by atoms with Gasteiger partial charge in [-0.05, 0) is 48.7 Å². The van der Waals surface area contributed by atoms with Gasteiger partial charge in [0.15, 0.2) is 5.96 Å². The summed E-state index contributed by atoms with van der Waals surface area (Å²) in [4.78, 5) is 18.0. The second kappa shape index (κ2) is 12.6. The fourth-order valence-corrected chi connectivity index (χ4v) is 2.94. The van der Waals surface area contributed by atoms with Crippen LogP contribution in [0, 0.1) is 0 Å². The Balaban J connectivity index is 1.91. The summed E-state index contributed by atoms with van der Waals surface area (Å²) in [6.45, 7) is 0.374. The van der Waals surface area contributed by atoms with Crippen molar-refractivity contribution in [2.45, 2.75) is 26.1 Å². The van der Waals surface area contributed by atoms with Gasteiger partial charge in [0.05, 0.1) is 12.6 Å². The first-order valence-corrected chi connectivity index (χ1v) is 10.4. The third-order valence-electron chi connectivity index (χ3n) is 4.54. The van der Waals surface area contributed by atoms with E-state index in [0.717, 1.165) is 5.56 Å². The molecule has 9 heteroatoms. The van der Waals surface area contributed by atoms with Gasteiger partial charge in [0.2, 0.25) is 0 Å². The van der Waals surface area contributed by atoms with Gasteiger partial charge >= 0.3 is 6.61 Å². The number of rotatable bonds is 10. The summed E-state index contributed by atoms with van der Waals surface area (Å²) in [6, 6.07) is 13.3. The molecule has 0 bridgehead atoms. The second-order valence-electron chi connectivity index (χ2n) is 7.26. The largest absolute Gasteiger partial charge is 0.435 e. The summed E-state index contributed by atoms with van der Waals surface area (Å²) in [5.41, 5.74) is 2.21. The van der Waals surface area contributed by atoms with E-state index in [2.05, 4.69) is 20.4 Å². The molecule has 2 aromatic rings. The van der Waals surface area contributed by atoms with E-state index in [0.29, 0.717) is 36.6 Å². The van der Waals surface area contributed by atoms with Gasteiger partial charge in [-0.1, -0.05) is 24.3 Å². The smallest absolute Gasteiger partial charge is 0.387 e. The van der Waals surface area contributed by atoms with Crippen LogP contribution in [-0.2, 0) is 6.42 Å². The monoisotopic (exact) mass is 448 g/mol. The standard InChI is InChI=1S/C23H30F2N4O3/c1-4-26-23(27-13-12-16-6-5-7-18(14-16)21(31)29(2)3)28-15-20(30)17-8-10-19(11-9-17)32-22(24)25/h5-11,14,20,22,30H,4,12-13,15H2,1-3H3,(H2,26,27,28). The zero-order valence-corrected chi connectivity index (χ0v) is 18.5. The molecule has 7 nitrogen and oxygen atoms in total. The zero-order valence-electron chi connectivity index (χ0n) is 18.5. The number of ether oxygens (including phenoxy) is 1. The maximum atomic E-state index is 12.2. The van der Waals surface area contributed by atoms with E-state index < -0.39 is 12.7 Å². The predicted molar refractivity (Wildman–Crippen MR) is 120 cm³/mol. The Bertz CT molecular complexity index is 889. The van der Waals surface area contributed by atoms with Crippen LogP contribution in [0.3, 0.4) is 0 Å². The number of hydrogen-bond acceptors (Lipinski definition) is 4. The van der Waals surface area contributed by atoms with E-state index in [4.69, 9.17) is 0 Å². The average Bonchev–Trinajstić information content (AvgIpc) is 2.77. The number of halogens is 2. The molecule has 0 aliphatic rings. The molecule has 1 unspecified atom stereocenters. The first kappa shape index (κ1) is 25.1. The maximum absolute atomic E-state index is 12.2. The van der Waals surface area contributed by atoms with Crippen LogP contribution in [0.2, 0.25) is 0 Å². The van der Waals surface area contributed by atoms with Crippen molar-refractivity contribution in [3.8, 4) is 5.75 Å². The zero-order chi connectivity index (χ0) is 23.5. The summed E-state index contributed by atoms with van der Waals surface area (Å²) in [6.07, 6.45) is -0.201. The number of carbonyl (C=O) groups excluding carboxylic acids is 1. The van der Waals surface area contributed by atoms with Gasteiger partial charge in [-0.25, -0.2) is 0 Å². The molecule has 174 valence electrons. The molecule has 0 radical (unpaired) electrons. The number of hydrogen-bond donors (Lipinski definition) is 3. The Morgan fingerprint density at radius 1 is 1.16 bits per heavy atom. The second-order valence-corrected chi connectivity index (χ2v) is 7.26. The van der Waals surface area contributed by atoms with Crippen molar-refractivity contribution >= 4 is 11.9 Å². The minimum absolute atomic E-state index is 0.0332. The molecule has 0 heterocycles. The van der Waals surface area contributed by atoms with E-state index in [1.165, 1.54) is 29.2 Å². The van der Waals surface area contributed by atoms with Gasteiger partial charge in [0, 0.05) is 32.7 Å². The normalized spacial score (nSPS) is 12.4. The number of aliphatic hydroxyl groups is 1. The number of benzene rings is 2. The maximum Gasteiger partial charge on any atom is 0.387 e. The number of alkyl halides is 2. The van der Waals surface area contributed by atoms with Crippen molar-refractivity contribution in [2.24, 2.45) is 4.99 Å². The molecule has 0 spiro atoms. The molecule has 3 N–H and O–H groups in total. The summed E-state index contributed by atoms with van der Waals surface area (Å²) < 4.78 is 28.8. The van der Waals surface area contributed by atoms with Gasteiger partial charge in [0.25, 0.3) is 5.91 Å². The SMILES string of the molecule is CCNC(=NCC(O)c1ccc(OC(F)F)cc1)NCCc1cccc(C(=O)N(C)C)c1. The topological polar surface area (TPSA) is 86.2 Å². The molecule has 0 aromatic heterocycles. The molecule has 2 aromatic carbocycles. The van der Waals surface area contributed by atoms with Crippen LogP contribution < -0.4 is 15.4 Å². The fraction of sp³-hybridized carbons (Fsp3) is 0.391. The lowest BCUT2D eigenvalue weighted by atomic mass is 10.1. The first-order chi connectivity index (χ1) is 15.3. The number of aliphatic imine (C=N–C) groups is 1. The number of guanidine groups is 1. The molecule has 2 rings (SSSR count). The molecule has 0 saturated heterocycles. The molecule has 0 aliphatic carbocycles. The number of amides is 1. The highest BCUT2D eigenvalue weighted by atomic mass is 19.3. The third kappa shape index (κ3) is 8.14. The lowest BCUT2D eigenvalue weighted by molar-refractivity contribution is -0.0498. The van der Waals surface area contributed by atoms with Crippen molar-refractivity contribution in [3.63, 3.8) is 0 Å². The predicted octanol–water partition coefficient (Wildman–Crippen LogP) is 2.82. The molecule has 0 saturated carbocycles. The molecule has 0 fully saturated rings. The Morgan fingerprint density at radius 3 is 2.50 bits per heavy atom.